The Labute approximate surface area is 121 Å². The van der Waals surface area contributed by atoms with Crippen molar-refractivity contribution in [3.05, 3.63) is 48.5 Å². The summed E-state index contributed by atoms with van der Waals surface area (Å²) in [6, 6.07) is 9.67. The number of H-pyrrole nitrogens is 1. The summed E-state index contributed by atoms with van der Waals surface area (Å²) in [6.45, 7) is 0. The van der Waals surface area contributed by atoms with Crippen LogP contribution in [-0.4, -0.2) is 25.1 Å². The Morgan fingerprint density at radius 1 is 1.10 bits per heavy atom. The van der Waals surface area contributed by atoms with Gasteiger partial charge >= 0.3 is 6.01 Å². The Bertz CT molecular complexity index is 752. The Hall–Kier alpha value is -2.76. The second-order valence-corrected chi connectivity index (χ2v) is 4.98. The molecule has 0 spiro atoms. The normalized spacial score (nSPS) is 14.1. The molecule has 1 fully saturated rings. The average molecular weight is 279 g/mol. The molecule has 1 N–H and O–H groups in total. The van der Waals surface area contributed by atoms with Crippen LogP contribution in [0.3, 0.4) is 0 Å². The van der Waals surface area contributed by atoms with E-state index in [-0.39, 0.29) is 0 Å². The third kappa shape index (κ3) is 2.60. The first-order valence-electron chi connectivity index (χ1n) is 6.86. The highest BCUT2D eigenvalue weighted by Crippen LogP contribution is 2.38. The van der Waals surface area contributed by atoms with Gasteiger partial charge in [0.2, 0.25) is 0 Å². The molecule has 0 saturated heterocycles. The zero-order valence-electron chi connectivity index (χ0n) is 11.2. The second kappa shape index (κ2) is 4.97. The zero-order chi connectivity index (χ0) is 14.1. The smallest absolute Gasteiger partial charge is 0.321 e. The van der Waals surface area contributed by atoms with Crippen molar-refractivity contribution in [1.82, 2.24) is 25.1 Å². The Kier molecular flexibility index (Phi) is 2.85. The lowest BCUT2D eigenvalue weighted by atomic mass is 10.2. The molecule has 21 heavy (non-hydrogen) atoms. The van der Waals surface area contributed by atoms with E-state index >= 15 is 0 Å². The van der Waals surface area contributed by atoms with Crippen molar-refractivity contribution in [2.45, 2.75) is 18.8 Å². The summed E-state index contributed by atoms with van der Waals surface area (Å²) in [7, 11) is 0. The maximum absolute atomic E-state index is 5.62. The number of aromatic amines is 1. The van der Waals surface area contributed by atoms with Gasteiger partial charge in [-0.3, -0.25) is 5.10 Å². The highest BCUT2D eigenvalue weighted by molar-refractivity contribution is 5.57. The minimum absolute atomic E-state index is 0.323. The molecule has 1 saturated carbocycles. The van der Waals surface area contributed by atoms with E-state index in [1.807, 2.05) is 24.3 Å². The van der Waals surface area contributed by atoms with Crippen LogP contribution in [0.15, 0.2) is 42.7 Å². The predicted octanol–water partition coefficient (Wildman–Crippen LogP) is 2.93. The molecule has 2 aromatic heterocycles. The topological polar surface area (TPSA) is 76.6 Å². The van der Waals surface area contributed by atoms with Crippen LogP contribution < -0.4 is 4.74 Å². The molecule has 0 aliphatic heterocycles. The molecule has 1 aliphatic rings. The number of hydrogen-bond acceptors (Lipinski definition) is 5. The molecular formula is C15H13N5O. The van der Waals surface area contributed by atoms with Crippen LogP contribution in [0.5, 0.6) is 11.8 Å². The molecule has 6 heteroatoms. The molecule has 0 atom stereocenters. The molecule has 2 heterocycles. The Balaban J connectivity index is 1.59. The molecule has 1 aromatic carbocycles. The molecule has 1 aliphatic carbocycles. The molecule has 4 rings (SSSR count). The first-order valence-corrected chi connectivity index (χ1v) is 6.86. The van der Waals surface area contributed by atoms with Gasteiger partial charge < -0.3 is 4.74 Å². The zero-order valence-corrected chi connectivity index (χ0v) is 11.2. The fourth-order valence-electron chi connectivity index (χ4n) is 2.08. The fourth-order valence-corrected chi connectivity index (χ4v) is 2.08. The van der Waals surface area contributed by atoms with E-state index in [9.17, 15) is 0 Å². The highest BCUT2D eigenvalue weighted by Gasteiger charge is 2.27. The van der Waals surface area contributed by atoms with Gasteiger partial charge in [0.15, 0.2) is 5.82 Å². The van der Waals surface area contributed by atoms with Crippen molar-refractivity contribution in [2.24, 2.45) is 0 Å². The van der Waals surface area contributed by atoms with Crippen LogP contribution in [0.4, 0.5) is 0 Å². The quantitative estimate of drug-likeness (QED) is 0.794. The monoisotopic (exact) mass is 279 g/mol. The number of ether oxygens (including phenoxy) is 1. The molecule has 104 valence electrons. The predicted molar refractivity (Wildman–Crippen MR) is 75.9 cm³/mol. The maximum atomic E-state index is 5.62. The minimum atomic E-state index is 0.323. The summed E-state index contributed by atoms with van der Waals surface area (Å²) in [5.41, 5.74) is 0.909. The molecule has 3 aromatic rings. The van der Waals surface area contributed by atoms with Crippen LogP contribution in [0, 0.1) is 0 Å². The van der Waals surface area contributed by atoms with E-state index in [0.717, 1.165) is 11.4 Å². The number of benzene rings is 1. The van der Waals surface area contributed by atoms with Crippen LogP contribution in [0.1, 0.15) is 24.6 Å². The van der Waals surface area contributed by atoms with Gasteiger partial charge in [-0.1, -0.05) is 12.1 Å². The van der Waals surface area contributed by atoms with E-state index in [0.29, 0.717) is 23.5 Å². The molecule has 0 unspecified atom stereocenters. The van der Waals surface area contributed by atoms with Crippen molar-refractivity contribution < 1.29 is 4.74 Å². The van der Waals surface area contributed by atoms with Crippen molar-refractivity contribution >= 4 is 0 Å². The van der Waals surface area contributed by atoms with Crippen LogP contribution in [-0.2, 0) is 0 Å². The number of rotatable bonds is 4. The number of hydrogen-bond donors (Lipinski definition) is 1. The van der Waals surface area contributed by atoms with E-state index < -0.39 is 0 Å². The van der Waals surface area contributed by atoms with Gasteiger partial charge in [0.05, 0.1) is 0 Å². The summed E-state index contributed by atoms with van der Waals surface area (Å²) in [5, 5.41) is 7.28. The SMILES string of the molecule is c1cnc(Oc2cccc(-c3n[nH]c(C4CC4)n3)c2)nc1. The van der Waals surface area contributed by atoms with E-state index in [4.69, 9.17) is 4.74 Å². The van der Waals surface area contributed by atoms with Crippen LogP contribution in [0.25, 0.3) is 11.4 Å². The Morgan fingerprint density at radius 3 is 2.76 bits per heavy atom. The van der Waals surface area contributed by atoms with Gasteiger partial charge in [-0.15, -0.1) is 0 Å². The standard InChI is InChI=1S/C15H13N5O/c1-3-11(14-18-13(19-20-14)10-5-6-10)9-12(4-1)21-15-16-7-2-8-17-15/h1-4,7-10H,5-6H2,(H,18,19,20). The first kappa shape index (κ1) is 12.0. The lowest BCUT2D eigenvalue weighted by molar-refractivity contribution is 0.442. The first-order chi connectivity index (χ1) is 10.4. The fraction of sp³-hybridized carbons (Fsp3) is 0.200. The number of nitrogens with zero attached hydrogens (tertiary/aromatic N) is 4. The van der Waals surface area contributed by atoms with Gasteiger partial charge in [-0.25, -0.2) is 15.0 Å². The van der Waals surface area contributed by atoms with E-state index in [2.05, 4.69) is 25.1 Å². The van der Waals surface area contributed by atoms with Crippen molar-refractivity contribution in [2.75, 3.05) is 0 Å². The highest BCUT2D eigenvalue weighted by atomic mass is 16.5. The van der Waals surface area contributed by atoms with Crippen molar-refractivity contribution in [3.63, 3.8) is 0 Å². The van der Waals surface area contributed by atoms with Gasteiger partial charge in [-0.2, -0.15) is 5.10 Å². The maximum Gasteiger partial charge on any atom is 0.321 e. The van der Waals surface area contributed by atoms with Crippen molar-refractivity contribution in [1.29, 1.82) is 0 Å². The molecule has 6 nitrogen and oxygen atoms in total. The number of nitrogens with one attached hydrogen (secondary N) is 1. The number of aromatic nitrogens is 5. The molecule has 0 radical (unpaired) electrons. The summed E-state index contributed by atoms with van der Waals surface area (Å²) in [6.07, 6.45) is 5.68. The van der Waals surface area contributed by atoms with Gasteiger partial charge in [0.25, 0.3) is 0 Å². The minimum Gasteiger partial charge on any atom is -0.424 e. The summed E-state index contributed by atoms with van der Waals surface area (Å²) < 4.78 is 5.62. The lowest BCUT2D eigenvalue weighted by Gasteiger charge is -2.03. The average Bonchev–Trinajstić information content (AvgIpc) is 3.26. The van der Waals surface area contributed by atoms with Gasteiger partial charge in [0.1, 0.15) is 11.6 Å². The van der Waals surface area contributed by atoms with Crippen LogP contribution >= 0.6 is 0 Å². The largest absolute Gasteiger partial charge is 0.424 e. The van der Waals surface area contributed by atoms with Gasteiger partial charge in [-0.05, 0) is 31.0 Å². The summed E-state index contributed by atoms with van der Waals surface area (Å²) >= 11 is 0. The lowest BCUT2D eigenvalue weighted by Crippen LogP contribution is -1.90. The second-order valence-electron chi connectivity index (χ2n) is 4.98. The third-order valence-corrected chi connectivity index (χ3v) is 3.31. The Morgan fingerprint density at radius 2 is 1.95 bits per heavy atom. The van der Waals surface area contributed by atoms with E-state index in [1.165, 1.54) is 12.8 Å². The molecule has 0 amide bonds. The van der Waals surface area contributed by atoms with Crippen molar-refractivity contribution in [3.8, 4) is 23.1 Å². The summed E-state index contributed by atoms with van der Waals surface area (Å²) in [5.74, 6) is 2.89. The van der Waals surface area contributed by atoms with Crippen LogP contribution in [0.2, 0.25) is 0 Å². The molecule has 0 bridgehead atoms. The molecular weight excluding hydrogens is 266 g/mol. The van der Waals surface area contributed by atoms with E-state index in [1.54, 1.807) is 18.5 Å². The third-order valence-electron chi connectivity index (χ3n) is 3.31. The van der Waals surface area contributed by atoms with Gasteiger partial charge in [0, 0.05) is 23.9 Å². The summed E-state index contributed by atoms with van der Waals surface area (Å²) in [4.78, 5) is 12.6.